The summed E-state index contributed by atoms with van der Waals surface area (Å²) in [5.41, 5.74) is 1.73. The normalized spacial score (nSPS) is 18.4. The van der Waals surface area contributed by atoms with Crippen molar-refractivity contribution >= 4 is 39.1 Å². The first-order valence-electron chi connectivity index (χ1n) is 10.2. The van der Waals surface area contributed by atoms with Crippen LogP contribution in [0.5, 0.6) is 0 Å². The summed E-state index contributed by atoms with van der Waals surface area (Å²) in [6, 6.07) is 16.8. The highest BCUT2D eigenvalue weighted by Crippen LogP contribution is 2.31. The third-order valence-electron chi connectivity index (χ3n) is 5.48. The zero-order valence-electron chi connectivity index (χ0n) is 17.7. The Hall–Kier alpha value is -2.36. The molecule has 0 bridgehead atoms. The lowest BCUT2D eigenvalue weighted by Gasteiger charge is -2.26. The maximum absolute atomic E-state index is 13.0. The van der Waals surface area contributed by atoms with E-state index in [0.29, 0.717) is 22.4 Å². The SMILES string of the molecule is CC(Sc1nnc(-c2ccc(Cl)cc2)n1-c1ccccc1)C(=O)N(C)C1CCS(=O)(=O)C1. The highest BCUT2D eigenvalue weighted by molar-refractivity contribution is 8.00. The number of hydrogen-bond acceptors (Lipinski definition) is 6. The van der Waals surface area contributed by atoms with Crippen molar-refractivity contribution < 1.29 is 13.2 Å². The lowest BCUT2D eigenvalue weighted by atomic mass is 10.2. The molecular weight excluding hydrogens is 468 g/mol. The predicted molar refractivity (Wildman–Crippen MR) is 127 cm³/mol. The van der Waals surface area contributed by atoms with Crippen LogP contribution in [0.15, 0.2) is 59.8 Å². The highest BCUT2D eigenvalue weighted by atomic mass is 35.5. The van der Waals surface area contributed by atoms with Gasteiger partial charge in [0.05, 0.1) is 16.8 Å². The Morgan fingerprint density at radius 2 is 1.84 bits per heavy atom. The topological polar surface area (TPSA) is 85.2 Å². The molecular formula is C22H23ClN4O3S2. The van der Waals surface area contributed by atoms with Crippen LogP contribution in [0.4, 0.5) is 0 Å². The lowest BCUT2D eigenvalue weighted by molar-refractivity contribution is -0.130. The van der Waals surface area contributed by atoms with Crippen LogP contribution < -0.4 is 0 Å². The Morgan fingerprint density at radius 3 is 2.47 bits per heavy atom. The molecule has 0 spiro atoms. The van der Waals surface area contributed by atoms with Crippen LogP contribution in [0.3, 0.4) is 0 Å². The summed E-state index contributed by atoms with van der Waals surface area (Å²) in [6.07, 6.45) is 0.475. The van der Waals surface area contributed by atoms with Gasteiger partial charge in [-0.3, -0.25) is 9.36 Å². The molecule has 1 amide bonds. The molecule has 0 radical (unpaired) electrons. The Kier molecular flexibility index (Phi) is 6.60. The van der Waals surface area contributed by atoms with Crippen LogP contribution in [-0.4, -0.2) is 63.8 Å². The smallest absolute Gasteiger partial charge is 0.235 e. The minimum absolute atomic E-state index is 0.0214. The zero-order chi connectivity index (χ0) is 22.9. The van der Waals surface area contributed by atoms with Gasteiger partial charge in [0.1, 0.15) is 0 Å². The van der Waals surface area contributed by atoms with Gasteiger partial charge in [0.2, 0.25) is 5.91 Å². The summed E-state index contributed by atoms with van der Waals surface area (Å²) in [7, 11) is -1.40. The number of nitrogens with zero attached hydrogens (tertiary/aromatic N) is 4. The molecule has 7 nitrogen and oxygen atoms in total. The van der Waals surface area contributed by atoms with Crippen LogP contribution in [0.1, 0.15) is 13.3 Å². The van der Waals surface area contributed by atoms with Crippen molar-refractivity contribution in [2.45, 2.75) is 29.8 Å². The summed E-state index contributed by atoms with van der Waals surface area (Å²) < 4.78 is 25.5. The van der Waals surface area contributed by atoms with E-state index in [0.717, 1.165) is 11.3 Å². The molecule has 168 valence electrons. The molecule has 0 N–H and O–H groups in total. The molecule has 2 unspecified atom stereocenters. The van der Waals surface area contributed by atoms with E-state index in [2.05, 4.69) is 10.2 Å². The number of halogens is 1. The van der Waals surface area contributed by atoms with E-state index in [-0.39, 0.29) is 23.5 Å². The van der Waals surface area contributed by atoms with Crippen molar-refractivity contribution in [3.05, 3.63) is 59.6 Å². The van der Waals surface area contributed by atoms with Crippen LogP contribution in [0, 0.1) is 0 Å². The maximum atomic E-state index is 13.0. The summed E-state index contributed by atoms with van der Waals surface area (Å²) in [5.74, 6) is 0.662. The summed E-state index contributed by atoms with van der Waals surface area (Å²) in [4.78, 5) is 14.6. The molecule has 32 heavy (non-hydrogen) atoms. The molecule has 2 aromatic carbocycles. The van der Waals surface area contributed by atoms with Crippen molar-refractivity contribution in [3.63, 3.8) is 0 Å². The van der Waals surface area contributed by atoms with Crippen molar-refractivity contribution in [2.24, 2.45) is 0 Å². The number of hydrogen-bond donors (Lipinski definition) is 0. The van der Waals surface area contributed by atoms with E-state index in [1.165, 1.54) is 11.8 Å². The second-order valence-corrected chi connectivity index (χ2v) is 11.7. The Bertz CT molecular complexity index is 1210. The summed E-state index contributed by atoms with van der Waals surface area (Å²) in [5, 5.41) is 9.50. The number of thioether (sulfide) groups is 1. The molecule has 4 rings (SSSR count). The van der Waals surface area contributed by atoms with Gasteiger partial charge in [-0.1, -0.05) is 41.6 Å². The molecule has 1 saturated heterocycles. The predicted octanol–water partition coefficient (Wildman–Crippen LogP) is 3.71. The van der Waals surface area contributed by atoms with E-state index in [9.17, 15) is 13.2 Å². The molecule has 1 fully saturated rings. The number of carbonyl (C=O) groups is 1. The van der Waals surface area contributed by atoms with E-state index in [1.54, 1.807) is 31.0 Å². The summed E-state index contributed by atoms with van der Waals surface area (Å²) >= 11 is 7.34. The van der Waals surface area contributed by atoms with Crippen molar-refractivity contribution in [1.29, 1.82) is 0 Å². The van der Waals surface area contributed by atoms with Crippen LogP contribution in [-0.2, 0) is 14.6 Å². The molecule has 1 aliphatic rings. The van der Waals surface area contributed by atoms with Gasteiger partial charge in [-0.25, -0.2) is 8.42 Å². The fourth-order valence-electron chi connectivity index (χ4n) is 3.70. The van der Waals surface area contributed by atoms with Gasteiger partial charge >= 0.3 is 0 Å². The third-order valence-corrected chi connectivity index (χ3v) is 8.52. The van der Waals surface area contributed by atoms with Gasteiger partial charge in [0, 0.05) is 29.4 Å². The number of carbonyl (C=O) groups excluding carboxylic acids is 1. The average Bonchev–Trinajstić information content (AvgIpc) is 3.36. The van der Waals surface area contributed by atoms with E-state index in [1.807, 2.05) is 47.0 Å². The van der Waals surface area contributed by atoms with Crippen molar-refractivity contribution in [3.8, 4) is 17.1 Å². The molecule has 10 heteroatoms. The van der Waals surface area contributed by atoms with Crippen LogP contribution in [0.2, 0.25) is 5.02 Å². The van der Waals surface area contributed by atoms with Crippen LogP contribution >= 0.6 is 23.4 Å². The molecule has 1 aliphatic heterocycles. The van der Waals surface area contributed by atoms with E-state index >= 15 is 0 Å². The largest absolute Gasteiger partial charge is 0.341 e. The molecule has 1 aromatic heterocycles. The van der Waals surface area contributed by atoms with Crippen LogP contribution in [0.25, 0.3) is 17.1 Å². The fourth-order valence-corrected chi connectivity index (χ4v) is 6.57. The lowest BCUT2D eigenvalue weighted by Crippen LogP contribution is -2.41. The first-order valence-corrected chi connectivity index (χ1v) is 13.2. The number of sulfone groups is 1. The average molecular weight is 491 g/mol. The van der Waals surface area contributed by atoms with Gasteiger partial charge in [-0.15, -0.1) is 10.2 Å². The number of rotatable bonds is 6. The number of aromatic nitrogens is 3. The van der Waals surface area contributed by atoms with Gasteiger partial charge in [0.25, 0.3) is 0 Å². The monoisotopic (exact) mass is 490 g/mol. The third kappa shape index (κ3) is 4.84. The minimum Gasteiger partial charge on any atom is -0.341 e. The molecule has 2 atom stereocenters. The quantitative estimate of drug-likeness (QED) is 0.489. The second-order valence-electron chi connectivity index (χ2n) is 7.75. The van der Waals surface area contributed by atoms with Crippen molar-refractivity contribution in [1.82, 2.24) is 19.7 Å². The fraction of sp³-hybridized carbons (Fsp3) is 0.318. The Labute approximate surface area is 196 Å². The van der Waals surface area contributed by atoms with Crippen molar-refractivity contribution in [2.75, 3.05) is 18.6 Å². The van der Waals surface area contributed by atoms with Gasteiger partial charge in [-0.2, -0.15) is 0 Å². The Morgan fingerprint density at radius 1 is 1.16 bits per heavy atom. The van der Waals surface area contributed by atoms with Gasteiger partial charge in [-0.05, 0) is 49.7 Å². The number of para-hydroxylation sites is 1. The summed E-state index contributed by atoms with van der Waals surface area (Å²) in [6.45, 7) is 1.80. The minimum atomic E-state index is -3.07. The number of amides is 1. The maximum Gasteiger partial charge on any atom is 0.235 e. The molecule has 3 aromatic rings. The molecule has 0 saturated carbocycles. The first-order chi connectivity index (χ1) is 15.2. The number of benzene rings is 2. The Balaban J connectivity index is 1.62. The second kappa shape index (κ2) is 9.25. The highest BCUT2D eigenvalue weighted by Gasteiger charge is 2.34. The first kappa shape index (κ1) is 22.8. The van der Waals surface area contributed by atoms with Gasteiger partial charge < -0.3 is 4.90 Å². The molecule has 0 aliphatic carbocycles. The van der Waals surface area contributed by atoms with E-state index < -0.39 is 15.1 Å². The van der Waals surface area contributed by atoms with E-state index in [4.69, 9.17) is 11.6 Å². The zero-order valence-corrected chi connectivity index (χ0v) is 20.1. The molecule has 2 heterocycles. The standard InChI is InChI=1S/C22H23ClN4O3S2/c1-15(21(28)26(2)19-12-13-32(29,30)14-19)31-22-25-24-20(16-8-10-17(23)11-9-16)27(22)18-6-4-3-5-7-18/h3-11,15,19H,12-14H2,1-2H3. The van der Waals surface area contributed by atoms with Gasteiger partial charge in [0.15, 0.2) is 20.8 Å².